The SMILES string of the molecule is CC(C)NCC[C@@H](C(=O)N1CCN(c2ncnc3c2CCC(=O)N3)[C@@H](C)C1)c1ccc(Cl)cc1. The van der Waals surface area contributed by atoms with Gasteiger partial charge in [0.05, 0.1) is 5.92 Å². The molecule has 34 heavy (non-hydrogen) atoms. The molecule has 1 saturated heterocycles. The molecule has 1 aromatic carbocycles. The van der Waals surface area contributed by atoms with Crippen molar-refractivity contribution in [1.29, 1.82) is 0 Å². The normalized spacial score (nSPS) is 19.1. The van der Waals surface area contributed by atoms with Gasteiger partial charge in [0.25, 0.3) is 0 Å². The maximum absolute atomic E-state index is 13.7. The summed E-state index contributed by atoms with van der Waals surface area (Å²) in [6.07, 6.45) is 3.30. The molecular formula is C25H33ClN6O2. The lowest BCUT2D eigenvalue weighted by molar-refractivity contribution is -0.133. The number of nitrogens with zero attached hydrogens (tertiary/aromatic N) is 4. The third-order valence-electron chi connectivity index (χ3n) is 6.55. The second kappa shape index (κ2) is 10.7. The molecule has 2 amide bonds. The van der Waals surface area contributed by atoms with Gasteiger partial charge in [0.15, 0.2) is 0 Å². The monoisotopic (exact) mass is 484 g/mol. The van der Waals surface area contributed by atoms with Crippen LogP contribution in [0.3, 0.4) is 0 Å². The van der Waals surface area contributed by atoms with Gasteiger partial charge < -0.3 is 20.4 Å². The highest BCUT2D eigenvalue weighted by Crippen LogP contribution is 2.31. The Labute approximate surface area is 206 Å². The predicted octanol–water partition coefficient (Wildman–Crippen LogP) is 3.22. The van der Waals surface area contributed by atoms with E-state index in [0.717, 1.165) is 29.9 Å². The van der Waals surface area contributed by atoms with Gasteiger partial charge in [-0.15, -0.1) is 0 Å². The van der Waals surface area contributed by atoms with Gasteiger partial charge in [-0.2, -0.15) is 0 Å². The molecule has 182 valence electrons. The fraction of sp³-hybridized carbons (Fsp3) is 0.520. The van der Waals surface area contributed by atoms with Crippen molar-refractivity contribution >= 4 is 35.1 Å². The summed E-state index contributed by atoms with van der Waals surface area (Å²) in [5.41, 5.74) is 1.98. The molecule has 0 radical (unpaired) electrons. The van der Waals surface area contributed by atoms with E-state index in [-0.39, 0.29) is 23.8 Å². The number of amides is 2. The first-order chi connectivity index (χ1) is 16.3. The highest BCUT2D eigenvalue weighted by molar-refractivity contribution is 6.30. The fourth-order valence-corrected chi connectivity index (χ4v) is 4.88. The molecule has 0 bridgehead atoms. The molecular weight excluding hydrogens is 452 g/mol. The number of anilines is 2. The topological polar surface area (TPSA) is 90.5 Å². The Morgan fingerprint density at radius 2 is 1.97 bits per heavy atom. The Morgan fingerprint density at radius 3 is 2.68 bits per heavy atom. The molecule has 2 aliphatic heterocycles. The van der Waals surface area contributed by atoms with Crippen LogP contribution in [0.2, 0.25) is 5.02 Å². The van der Waals surface area contributed by atoms with Gasteiger partial charge in [0.1, 0.15) is 18.0 Å². The van der Waals surface area contributed by atoms with Crippen molar-refractivity contribution in [1.82, 2.24) is 20.2 Å². The minimum atomic E-state index is -0.218. The van der Waals surface area contributed by atoms with Crippen molar-refractivity contribution in [2.24, 2.45) is 0 Å². The van der Waals surface area contributed by atoms with E-state index < -0.39 is 0 Å². The summed E-state index contributed by atoms with van der Waals surface area (Å²) >= 11 is 6.10. The Kier molecular flexibility index (Phi) is 7.68. The lowest BCUT2D eigenvalue weighted by atomic mass is 9.93. The highest BCUT2D eigenvalue weighted by atomic mass is 35.5. The standard InChI is InChI=1S/C25H33ClN6O2/c1-16(2)27-11-10-20(18-4-6-19(26)7-5-18)25(34)31-12-13-32(17(3)14-31)24-21-8-9-22(33)30-23(21)28-15-29-24/h4-7,15-17,20,27H,8-14H2,1-3H3,(H,28,29,30,33)/t17-,20+/m0/s1. The molecule has 2 N–H and O–H groups in total. The van der Waals surface area contributed by atoms with Crippen molar-refractivity contribution in [3.63, 3.8) is 0 Å². The molecule has 2 aromatic rings. The van der Waals surface area contributed by atoms with Gasteiger partial charge in [-0.3, -0.25) is 9.59 Å². The summed E-state index contributed by atoms with van der Waals surface area (Å²) in [7, 11) is 0. The van der Waals surface area contributed by atoms with E-state index in [0.29, 0.717) is 49.4 Å². The van der Waals surface area contributed by atoms with Gasteiger partial charge in [-0.05, 0) is 44.0 Å². The molecule has 1 fully saturated rings. The second-order valence-corrected chi connectivity index (χ2v) is 9.84. The number of nitrogens with one attached hydrogen (secondary N) is 2. The molecule has 3 heterocycles. The largest absolute Gasteiger partial charge is 0.350 e. The van der Waals surface area contributed by atoms with Gasteiger partial charge in [0.2, 0.25) is 11.8 Å². The maximum Gasteiger partial charge on any atom is 0.230 e. The van der Waals surface area contributed by atoms with Gasteiger partial charge in [-0.25, -0.2) is 9.97 Å². The summed E-state index contributed by atoms with van der Waals surface area (Å²) < 4.78 is 0. The first kappa shape index (κ1) is 24.4. The summed E-state index contributed by atoms with van der Waals surface area (Å²) in [5, 5.41) is 6.95. The Hall–Kier alpha value is -2.71. The molecule has 0 unspecified atom stereocenters. The van der Waals surface area contributed by atoms with Crippen molar-refractivity contribution in [3.8, 4) is 0 Å². The summed E-state index contributed by atoms with van der Waals surface area (Å²) in [5.74, 6) is 1.38. The van der Waals surface area contributed by atoms with Crippen molar-refractivity contribution in [2.45, 2.75) is 58.0 Å². The second-order valence-electron chi connectivity index (χ2n) is 9.40. The van der Waals surface area contributed by atoms with E-state index in [1.807, 2.05) is 29.2 Å². The molecule has 4 rings (SSSR count). The van der Waals surface area contributed by atoms with Crippen LogP contribution in [0.4, 0.5) is 11.6 Å². The molecule has 1 aromatic heterocycles. The molecule has 0 aliphatic carbocycles. The predicted molar refractivity (Wildman–Crippen MR) is 134 cm³/mol. The third kappa shape index (κ3) is 5.50. The molecule has 0 saturated carbocycles. The number of benzene rings is 1. The van der Waals surface area contributed by atoms with Crippen LogP contribution in [0.15, 0.2) is 30.6 Å². The molecule has 0 spiro atoms. The Bertz CT molecular complexity index is 1030. The number of piperazine rings is 1. The van der Waals surface area contributed by atoms with Crippen molar-refractivity contribution in [2.75, 3.05) is 36.4 Å². The van der Waals surface area contributed by atoms with E-state index >= 15 is 0 Å². The Balaban J connectivity index is 1.48. The van der Waals surface area contributed by atoms with E-state index in [9.17, 15) is 9.59 Å². The van der Waals surface area contributed by atoms with Gasteiger partial charge in [-0.1, -0.05) is 37.6 Å². The highest BCUT2D eigenvalue weighted by Gasteiger charge is 2.34. The van der Waals surface area contributed by atoms with E-state index in [2.05, 4.69) is 46.3 Å². The Morgan fingerprint density at radius 1 is 1.21 bits per heavy atom. The lowest BCUT2D eigenvalue weighted by Gasteiger charge is -2.42. The zero-order chi connectivity index (χ0) is 24.2. The number of carbonyl (C=O) groups excluding carboxylic acids is 2. The number of hydrogen-bond donors (Lipinski definition) is 2. The van der Waals surface area contributed by atoms with Crippen LogP contribution in [0.5, 0.6) is 0 Å². The average molecular weight is 485 g/mol. The number of rotatable bonds is 7. The molecule has 2 atom stereocenters. The minimum absolute atomic E-state index is 0.0131. The maximum atomic E-state index is 13.7. The fourth-order valence-electron chi connectivity index (χ4n) is 4.76. The number of carbonyl (C=O) groups is 2. The van der Waals surface area contributed by atoms with Crippen LogP contribution in [0.1, 0.15) is 50.7 Å². The van der Waals surface area contributed by atoms with Crippen LogP contribution < -0.4 is 15.5 Å². The summed E-state index contributed by atoms with van der Waals surface area (Å²) in [6, 6.07) is 8.08. The van der Waals surface area contributed by atoms with Crippen LogP contribution >= 0.6 is 11.6 Å². The molecule has 2 aliphatic rings. The number of hydrogen-bond acceptors (Lipinski definition) is 6. The van der Waals surface area contributed by atoms with E-state index in [1.165, 1.54) is 6.33 Å². The zero-order valence-corrected chi connectivity index (χ0v) is 20.8. The molecule has 8 nitrogen and oxygen atoms in total. The quantitative estimate of drug-likeness (QED) is 0.627. The van der Waals surface area contributed by atoms with E-state index in [1.54, 1.807) is 0 Å². The number of halogens is 1. The van der Waals surface area contributed by atoms with Crippen LogP contribution in [-0.4, -0.2) is 64.9 Å². The van der Waals surface area contributed by atoms with Crippen molar-refractivity contribution < 1.29 is 9.59 Å². The zero-order valence-electron chi connectivity index (χ0n) is 20.1. The third-order valence-corrected chi connectivity index (χ3v) is 6.80. The first-order valence-corrected chi connectivity index (χ1v) is 12.4. The van der Waals surface area contributed by atoms with Gasteiger partial charge in [0, 0.05) is 48.7 Å². The smallest absolute Gasteiger partial charge is 0.230 e. The van der Waals surface area contributed by atoms with E-state index in [4.69, 9.17) is 11.6 Å². The van der Waals surface area contributed by atoms with Crippen LogP contribution in [0.25, 0.3) is 0 Å². The van der Waals surface area contributed by atoms with Crippen LogP contribution in [0, 0.1) is 0 Å². The summed E-state index contributed by atoms with van der Waals surface area (Å²) in [4.78, 5) is 38.5. The average Bonchev–Trinajstić information content (AvgIpc) is 2.81. The summed E-state index contributed by atoms with van der Waals surface area (Å²) in [6.45, 7) is 9.02. The van der Waals surface area contributed by atoms with Gasteiger partial charge >= 0.3 is 0 Å². The van der Waals surface area contributed by atoms with Crippen LogP contribution in [-0.2, 0) is 16.0 Å². The lowest BCUT2D eigenvalue weighted by Crippen LogP contribution is -2.55. The number of aromatic nitrogens is 2. The minimum Gasteiger partial charge on any atom is -0.350 e. The molecule has 9 heteroatoms. The van der Waals surface area contributed by atoms with Crippen molar-refractivity contribution in [3.05, 3.63) is 46.7 Å². The number of fused-ring (bicyclic) bond motifs is 1. The first-order valence-electron chi connectivity index (χ1n) is 12.0.